The lowest BCUT2D eigenvalue weighted by molar-refractivity contribution is 0.723. The summed E-state index contributed by atoms with van der Waals surface area (Å²) in [6.07, 6.45) is 0. The summed E-state index contributed by atoms with van der Waals surface area (Å²) in [7, 11) is 0. The zero-order valence-electron chi connectivity index (χ0n) is 5.91. The molecule has 1 rings (SSSR count). The molecule has 0 aromatic carbocycles. The maximum atomic E-state index is 5.86. The molecule has 1 aromatic heterocycles. The molecule has 0 N–H and O–H groups in total. The highest BCUT2D eigenvalue weighted by atomic mass is 35.5. The van der Waals surface area contributed by atoms with Crippen molar-refractivity contribution in [3.8, 4) is 0 Å². The minimum absolute atomic E-state index is 0.132. The van der Waals surface area contributed by atoms with Gasteiger partial charge in [-0.2, -0.15) is 0 Å². The van der Waals surface area contributed by atoms with Gasteiger partial charge in [-0.3, -0.25) is 0 Å². The SMILES string of the molecule is CC(Cl)C(C)c1nncs1. The Kier molecular flexibility index (Phi) is 2.63. The molecule has 0 bridgehead atoms. The van der Waals surface area contributed by atoms with Crippen LogP contribution in [0.1, 0.15) is 24.8 Å². The largest absolute Gasteiger partial charge is 0.147 e. The van der Waals surface area contributed by atoms with Crippen LogP contribution in [0.4, 0.5) is 0 Å². The van der Waals surface area contributed by atoms with Crippen molar-refractivity contribution in [2.75, 3.05) is 0 Å². The minimum atomic E-state index is 0.132. The molecular weight excluding hydrogens is 168 g/mol. The topological polar surface area (TPSA) is 25.8 Å². The van der Waals surface area contributed by atoms with Crippen LogP contribution in [-0.4, -0.2) is 15.6 Å². The van der Waals surface area contributed by atoms with Crippen LogP contribution in [0.15, 0.2) is 5.51 Å². The van der Waals surface area contributed by atoms with Crippen molar-refractivity contribution in [3.63, 3.8) is 0 Å². The van der Waals surface area contributed by atoms with Crippen LogP contribution in [0.25, 0.3) is 0 Å². The molecule has 0 amide bonds. The first kappa shape index (κ1) is 7.95. The van der Waals surface area contributed by atoms with Crippen LogP contribution in [0.5, 0.6) is 0 Å². The Hall–Kier alpha value is -0.150. The number of rotatable bonds is 2. The van der Waals surface area contributed by atoms with E-state index in [9.17, 15) is 0 Å². The number of aromatic nitrogens is 2. The second-order valence-electron chi connectivity index (χ2n) is 2.24. The van der Waals surface area contributed by atoms with Crippen LogP contribution in [0.2, 0.25) is 0 Å². The highest BCUT2D eigenvalue weighted by molar-refractivity contribution is 7.09. The predicted molar refractivity (Wildman–Crippen MR) is 43.6 cm³/mol. The van der Waals surface area contributed by atoms with E-state index in [2.05, 4.69) is 17.1 Å². The van der Waals surface area contributed by atoms with Crippen molar-refractivity contribution in [1.29, 1.82) is 0 Å². The molecule has 0 saturated carbocycles. The van der Waals surface area contributed by atoms with E-state index >= 15 is 0 Å². The van der Waals surface area contributed by atoms with Gasteiger partial charge >= 0.3 is 0 Å². The summed E-state index contributed by atoms with van der Waals surface area (Å²) in [6.45, 7) is 4.02. The Balaban J connectivity index is 2.68. The molecule has 2 nitrogen and oxygen atoms in total. The van der Waals surface area contributed by atoms with E-state index in [0.29, 0.717) is 5.92 Å². The van der Waals surface area contributed by atoms with E-state index in [4.69, 9.17) is 11.6 Å². The molecule has 1 heterocycles. The van der Waals surface area contributed by atoms with E-state index in [1.54, 1.807) is 16.8 Å². The lowest BCUT2D eigenvalue weighted by Gasteiger charge is -2.07. The third-order valence-corrected chi connectivity index (χ3v) is 2.73. The Morgan fingerprint density at radius 1 is 1.60 bits per heavy atom. The smallest absolute Gasteiger partial charge is 0.121 e. The number of alkyl halides is 1. The first-order valence-corrected chi connectivity index (χ1v) is 4.43. The second kappa shape index (κ2) is 3.30. The summed E-state index contributed by atoms with van der Waals surface area (Å²) < 4.78 is 0. The van der Waals surface area contributed by atoms with E-state index in [1.165, 1.54) is 0 Å². The molecule has 10 heavy (non-hydrogen) atoms. The van der Waals surface area contributed by atoms with Gasteiger partial charge in [-0.1, -0.05) is 6.92 Å². The molecule has 2 atom stereocenters. The van der Waals surface area contributed by atoms with Gasteiger partial charge in [-0.05, 0) is 6.92 Å². The minimum Gasteiger partial charge on any atom is -0.147 e. The number of hydrogen-bond acceptors (Lipinski definition) is 3. The molecule has 2 unspecified atom stereocenters. The quantitative estimate of drug-likeness (QED) is 0.647. The molecule has 1 aromatic rings. The fraction of sp³-hybridized carbons (Fsp3) is 0.667. The maximum absolute atomic E-state index is 5.86. The van der Waals surface area contributed by atoms with Crippen LogP contribution < -0.4 is 0 Å². The fourth-order valence-electron chi connectivity index (χ4n) is 0.576. The van der Waals surface area contributed by atoms with Crippen LogP contribution in [0.3, 0.4) is 0 Å². The average Bonchev–Trinajstić information content (AvgIpc) is 2.36. The standard InChI is InChI=1S/C6H9ClN2S/c1-4(5(2)7)6-9-8-3-10-6/h3-5H,1-2H3. The van der Waals surface area contributed by atoms with Crippen LogP contribution >= 0.6 is 22.9 Å². The number of hydrogen-bond donors (Lipinski definition) is 0. The van der Waals surface area contributed by atoms with Gasteiger partial charge in [-0.25, -0.2) is 0 Å². The van der Waals surface area contributed by atoms with Gasteiger partial charge in [-0.15, -0.1) is 33.1 Å². The molecule has 0 aliphatic carbocycles. The molecule has 0 spiro atoms. The van der Waals surface area contributed by atoms with E-state index in [0.717, 1.165) is 5.01 Å². The van der Waals surface area contributed by atoms with Gasteiger partial charge in [0.15, 0.2) is 0 Å². The Morgan fingerprint density at radius 3 is 2.70 bits per heavy atom. The Bertz CT molecular complexity index is 186. The zero-order chi connectivity index (χ0) is 7.56. The molecule has 0 saturated heterocycles. The lowest BCUT2D eigenvalue weighted by Crippen LogP contribution is -2.04. The van der Waals surface area contributed by atoms with Crippen LogP contribution in [-0.2, 0) is 0 Å². The first-order valence-electron chi connectivity index (χ1n) is 3.12. The average molecular weight is 177 g/mol. The van der Waals surface area contributed by atoms with Gasteiger partial charge in [0.25, 0.3) is 0 Å². The summed E-state index contributed by atoms with van der Waals surface area (Å²) >= 11 is 7.41. The van der Waals surface area contributed by atoms with E-state index in [-0.39, 0.29) is 5.38 Å². The van der Waals surface area contributed by atoms with Gasteiger partial charge in [0.1, 0.15) is 10.5 Å². The Morgan fingerprint density at radius 2 is 2.30 bits per heavy atom. The van der Waals surface area contributed by atoms with Crippen molar-refractivity contribution in [3.05, 3.63) is 10.5 Å². The van der Waals surface area contributed by atoms with Crippen molar-refractivity contribution >= 4 is 22.9 Å². The summed E-state index contributed by atoms with van der Waals surface area (Å²) in [5.41, 5.74) is 1.73. The van der Waals surface area contributed by atoms with E-state index < -0.39 is 0 Å². The molecule has 0 aliphatic rings. The summed E-state index contributed by atoms with van der Waals surface area (Å²) in [4.78, 5) is 0. The highest BCUT2D eigenvalue weighted by Crippen LogP contribution is 2.23. The summed E-state index contributed by atoms with van der Waals surface area (Å²) in [5, 5.41) is 8.81. The monoisotopic (exact) mass is 176 g/mol. The van der Waals surface area contributed by atoms with Crippen molar-refractivity contribution in [2.24, 2.45) is 0 Å². The van der Waals surface area contributed by atoms with E-state index in [1.807, 2.05) is 6.92 Å². The Labute approximate surface area is 69.2 Å². The molecule has 0 fully saturated rings. The predicted octanol–water partition coefficient (Wildman–Crippen LogP) is 2.27. The lowest BCUT2D eigenvalue weighted by atomic mass is 10.1. The molecule has 0 aliphatic heterocycles. The van der Waals surface area contributed by atoms with Gasteiger partial charge < -0.3 is 0 Å². The molecule has 56 valence electrons. The summed E-state index contributed by atoms with van der Waals surface area (Å²) in [6, 6.07) is 0. The van der Waals surface area contributed by atoms with Crippen molar-refractivity contribution < 1.29 is 0 Å². The molecule has 4 heteroatoms. The molecule has 0 radical (unpaired) electrons. The van der Waals surface area contributed by atoms with Crippen molar-refractivity contribution in [1.82, 2.24) is 10.2 Å². The number of halogens is 1. The van der Waals surface area contributed by atoms with Gasteiger partial charge in [0, 0.05) is 11.3 Å². The second-order valence-corrected chi connectivity index (χ2v) is 3.80. The van der Waals surface area contributed by atoms with Crippen molar-refractivity contribution in [2.45, 2.75) is 25.1 Å². The third kappa shape index (κ3) is 1.67. The van der Waals surface area contributed by atoms with Gasteiger partial charge in [0.2, 0.25) is 0 Å². The third-order valence-electron chi connectivity index (χ3n) is 1.46. The fourth-order valence-corrected chi connectivity index (χ4v) is 1.49. The first-order chi connectivity index (χ1) is 4.72. The summed E-state index contributed by atoms with van der Waals surface area (Å²) in [5.74, 6) is 0.314. The molecular formula is C6H9ClN2S. The van der Waals surface area contributed by atoms with Crippen LogP contribution in [0, 0.1) is 0 Å². The highest BCUT2D eigenvalue weighted by Gasteiger charge is 2.13. The number of nitrogens with zero attached hydrogens (tertiary/aromatic N) is 2. The maximum Gasteiger partial charge on any atom is 0.121 e. The zero-order valence-corrected chi connectivity index (χ0v) is 7.49. The normalized spacial score (nSPS) is 16.7. The van der Waals surface area contributed by atoms with Gasteiger partial charge in [0.05, 0.1) is 0 Å².